The minimum atomic E-state index is 0. The molecule has 0 spiro atoms. The third-order valence-corrected chi connectivity index (χ3v) is 2.33. The van der Waals surface area contributed by atoms with Crippen molar-refractivity contribution in [2.24, 2.45) is 0 Å². The molecule has 0 saturated heterocycles. The van der Waals surface area contributed by atoms with Crippen LogP contribution in [0.5, 0.6) is 0 Å². The van der Waals surface area contributed by atoms with Crippen LogP contribution in [0.15, 0.2) is 30.5 Å². The number of aryl methyl sites for hydroxylation is 1. The Kier molecular flexibility index (Phi) is 4.25. The van der Waals surface area contributed by atoms with Crippen molar-refractivity contribution in [2.75, 3.05) is 0 Å². The summed E-state index contributed by atoms with van der Waals surface area (Å²) in [6.45, 7) is 4.23. The van der Waals surface area contributed by atoms with Crippen LogP contribution in [0.3, 0.4) is 0 Å². The first-order valence-electron chi connectivity index (χ1n) is 4.83. The standard InChI is InChI=1S/C12H13N2.Ir/c1-3-12-10(2)9-13-14(12)11-7-5-4-6-8-11;/h4-7,9H,3H2,1-2H3;/q-1;. The second-order valence-corrected chi connectivity index (χ2v) is 3.29. The van der Waals surface area contributed by atoms with Gasteiger partial charge in [0.15, 0.2) is 0 Å². The largest absolute Gasteiger partial charge is 0.262 e. The van der Waals surface area contributed by atoms with Gasteiger partial charge in [-0.1, -0.05) is 6.92 Å². The van der Waals surface area contributed by atoms with E-state index in [1.807, 2.05) is 35.1 Å². The van der Waals surface area contributed by atoms with E-state index in [2.05, 4.69) is 25.0 Å². The molecule has 81 valence electrons. The minimum absolute atomic E-state index is 0. The molecule has 2 aromatic rings. The summed E-state index contributed by atoms with van der Waals surface area (Å²) in [5.41, 5.74) is 3.51. The third kappa shape index (κ3) is 2.36. The third-order valence-electron chi connectivity index (χ3n) is 2.33. The predicted molar refractivity (Wildman–Crippen MR) is 56.5 cm³/mol. The molecule has 0 N–H and O–H groups in total. The van der Waals surface area contributed by atoms with E-state index in [4.69, 9.17) is 0 Å². The molecule has 0 amide bonds. The number of para-hydroxylation sites is 1. The van der Waals surface area contributed by atoms with Crippen LogP contribution < -0.4 is 0 Å². The van der Waals surface area contributed by atoms with Crippen molar-refractivity contribution in [3.63, 3.8) is 0 Å². The zero-order valence-electron chi connectivity index (χ0n) is 8.82. The van der Waals surface area contributed by atoms with Crippen molar-refractivity contribution in [1.82, 2.24) is 9.78 Å². The van der Waals surface area contributed by atoms with E-state index in [0.717, 1.165) is 12.1 Å². The summed E-state index contributed by atoms with van der Waals surface area (Å²) in [6, 6.07) is 11.1. The van der Waals surface area contributed by atoms with E-state index in [9.17, 15) is 0 Å². The van der Waals surface area contributed by atoms with Gasteiger partial charge in [-0.25, -0.2) is 0 Å². The van der Waals surface area contributed by atoms with Crippen LogP contribution in [0, 0.1) is 13.0 Å². The molecule has 1 aromatic carbocycles. The molecule has 1 radical (unpaired) electrons. The van der Waals surface area contributed by atoms with Crippen molar-refractivity contribution in [2.45, 2.75) is 20.3 Å². The molecule has 15 heavy (non-hydrogen) atoms. The minimum Gasteiger partial charge on any atom is -0.262 e. The second kappa shape index (κ2) is 5.24. The summed E-state index contributed by atoms with van der Waals surface area (Å²) in [4.78, 5) is 0. The SMILES string of the molecule is CCc1c(C)cnn1-c1[c-]cccc1.[Ir]. The molecule has 0 aliphatic rings. The monoisotopic (exact) mass is 378 g/mol. The Morgan fingerprint density at radius 3 is 2.80 bits per heavy atom. The fourth-order valence-corrected chi connectivity index (χ4v) is 1.61. The predicted octanol–water partition coefficient (Wildman–Crippen LogP) is 2.54. The molecule has 0 fully saturated rings. The average Bonchev–Trinajstić information content (AvgIpc) is 2.61. The molecule has 0 bridgehead atoms. The molecule has 2 nitrogen and oxygen atoms in total. The first-order chi connectivity index (χ1) is 6.83. The van der Waals surface area contributed by atoms with Crippen LogP contribution >= 0.6 is 0 Å². The van der Waals surface area contributed by atoms with E-state index >= 15 is 0 Å². The Morgan fingerprint density at radius 2 is 2.20 bits per heavy atom. The van der Waals surface area contributed by atoms with Gasteiger partial charge in [0.2, 0.25) is 0 Å². The van der Waals surface area contributed by atoms with Crippen LogP contribution in [0.1, 0.15) is 18.2 Å². The maximum atomic E-state index is 4.34. The Morgan fingerprint density at radius 1 is 1.40 bits per heavy atom. The topological polar surface area (TPSA) is 17.8 Å². The van der Waals surface area contributed by atoms with Gasteiger partial charge in [-0.3, -0.25) is 4.68 Å². The first kappa shape index (κ1) is 12.2. The van der Waals surface area contributed by atoms with E-state index in [-0.39, 0.29) is 20.1 Å². The molecule has 0 aliphatic carbocycles. The van der Waals surface area contributed by atoms with Crippen molar-refractivity contribution in [1.29, 1.82) is 0 Å². The average molecular weight is 377 g/mol. The van der Waals surface area contributed by atoms with Crippen LogP contribution in [0.4, 0.5) is 0 Å². The Labute approximate surface area is 104 Å². The smallest absolute Gasteiger partial charge is 0.0525 e. The molecule has 3 heteroatoms. The number of hydrogen-bond donors (Lipinski definition) is 0. The fourth-order valence-electron chi connectivity index (χ4n) is 1.61. The Balaban J connectivity index is 0.00000112. The van der Waals surface area contributed by atoms with E-state index in [0.29, 0.717) is 0 Å². The van der Waals surface area contributed by atoms with Gasteiger partial charge in [-0.15, -0.1) is 6.07 Å². The maximum absolute atomic E-state index is 4.34. The van der Waals surface area contributed by atoms with Crippen molar-refractivity contribution in [3.05, 3.63) is 47.8 Å². The first-order valence-corrected chi connectivity index (χ1v) is 4.83. The molecular weight excluding hydrogens is 364 g/mol. The molecule has 0 saturated carbocycles. The van der Waals surface area contributed by atoms with E-state index in [1.165, 1.54) is 11.3 Å². The maximum Gasteiger partial charge on any atom is 0.0525 e. The second-order valence-electron chi connectivity index (χ2n) is 3.29. The van der Waals surface area contributed by atoms with Crippen molar-refractivity contribution < 1.29 is 20.1 Å². The zero-order valence-corrected chi connectivity index (χ0v) is 11.2. The molecule has 0 atom stereocenters. The molecule has 2 rings (SSSR count). The van der Waals surface area contributed by atoms with Gasteiger partial charge in [-0.05, 0) is 24.6 Å². The van der Waals surface area contributed by atoms with Crippen LogP contribution in [-0.2, 0) is 26.5 Å². The van der Waals surface area contributed by atoms with Crippen molar-refractivity contribution >= 4 is 0 Å². The molecule has 1 heterocycles. The number of rotatable bonds is 2. The number of nitrogens with zero attached hydrogens (tertiary/aromatic N) is 2. The summed E-state index contributed by atoms with van der Waals surface area (Å²) < 4.78 is 1.95. The fraction of sp³-hybridized carbons (Fsp3) is 0.250. The number of benzene rings is 1. The number of hydrogen-bond acceptors (Lipinski definition) is 1. The molecule has 0 unspecified atom stereocenters. The summed E-state index contributed by atoms with van der Waals surface area (Å²) in [5, 5.41) is 4.34. The zero-order chi connectivity index (χ0) is 9.97. The molecular formula is C12H13IrN2-. The summed E-state index contributed by atoms with van der Waals surface area (Å²) >= 11 is 0. The van der Waals surface area contributed by atoms with Crippen molar-refractivity contribution in [3.8, 4) is 5.69 Å². The van der Waals surface area contributed by atoms with Gasteiger partial charge in [0.05, 0.1) is 6.20 Å². The van der Waals surface area contributed by atoms with E-state index < -0.39 is 0 Å². The van der Waals surface area contributed by atoms with Gasteiger partial charge in [0.25, 0.3) is 0 Å². The molecule has 1 aromatic heterocycles. The van der Waals surface area contributed by atoms with Gasteiger partial charge >= 0.3 is 0 Å². The Bertz CT molecular complexity index is 420. The van der Waals surface area contributed by atoms with E-state index in [1.54, 1.807) is 0 Å². The molecule has 0 aliphatic heterocycles. The normalized spacial score (nSPS) is 9.73. The summed E-state index contributed by atoms with van der Waals surface area (Å²) in [5.74, 6) is 0. The summed E-state index contributed by atoms with van der Waals surface area (Å²) in [6.07, 6.45) is 2.90. The quantitative estimate of drug-likeness (QED) is 0.736. The van der Waals surface area contributed by atoms with Crippen LogP contribution in [0.2, 0.25) is 0 Å². The number of aromatic nitrogens is 2. The van der Waals surface area contributed by atoms with Gasteiger partial charge in [-0.2, -0.15) is 29.4 Å². The van der Waals surface area contributed by atoms with Crippen LogP contribution in [-0.4, -0.2) is 9.78 Å². The van der Waals surface area contributed by atoms with Gasteiger partial charge < -0.3 is 0 Å². The van der Waals surface area contributed by atoms with Gasteiger partial charge in [0, 0.05) is 25.8 Å². The Hall–Kier alpha value is -0.921. The summed E-state index contributed by atoms with van der Waals surface area (Å²) in [7, 11) is 0. The van der Waals surface area contributed by atoms with Crippen LogP contribution in [0.25, 0.3) is 5.69 Å². The van der Waals surface area contributed by atoms with Gasteiger partial charge in [0.1, 0.15) is 0 Å².